The quantitative estimate of drug-likeness (QED) is 0.739. The molecule has 0 fully saturated rings. The molecule has 1 atom stereocenters. The van der Waals surface area contributed by atoms with Crippen molar-refractivity contribution >= 4 is 16.0 Å². The van der Waals surface area contributed by atoms with Gasteiger partial charge in [-0.15, -0.1) is 0 Å². The number of hydrogen-bond acceptors (Lipinski definition) is 5. The van der Waals surface area contributed by atoms with E-state index >= 15 is 0 Å². The van der Waals surface area contributed by atoms with Gasteiger partial charge in [0.15, 0.2) is 0 Å². The number of methoxy groups -OCH3 is 1. The van der Waals surface area contributed by atoms with Gasteiger partial charge >= 0.3 is 5.97 Å². The summed E-state index contributed by atoms with van der Waals surface area (Å²) in [5, 5.41) is 0. The molecule has 0 aliphatic heterocycles. The molecule has 1 aromatic rings. The Morgan fingerprint density at radius 3 is 2.27 bits per heavy atom. The topological polar surface area (TPSA) is 98.5 Å². The van der Waals surface area contributed by atoms with Crippen LogP contribution in [0, 0.1) is 5.92 Å². The third kappa shape index (κ3) is 4.79. The van der Waals surface area contributed by atoms with Gasteiger partial charge in [0.25, 0.3) is 0 Å². The Hall–Kier alpha value is -1.44. The van der Waals surface area contributed by atoms with E-state index in [1.54, 1.807) is 6.92 Å². The summed E-state index contributed by atoms with van der Waals surface area (Å²) >= 11 is 0. The molecule has 0 amide bonds. The fourth-order valence-corrected chi connectivity index (χ4v) is 3.77. The Bertz CT molecular complexity index is 611. The Morgan fingerprint density at radius 2 is 1.86 bits per heavy atom. The van der Waals surface area contributed by atoms with Gasteiger partial charge in [-0.05, 0) is 43.5 Å². The molecule has 0 heterocycles. The van der Waals surface area contributed by atoms with Crippen LogP contribution in [-0.2, 0) is 14.8 Å². The lowest BCUT2D eigenvalue weighted by atomic mass is 9.92. The number of hydrogen-bond donors (Lipinski definition) is 2. The molecule has 124 valence electrons. The number of rotatable bonds is 7. The van der Waals surface area contributed by atoms with Crippen LogP contribution in [0.2, 0.25) is 0 Å². The standard InChI is InChI=1S/C15H24N2O4S/c1-11(2)9-15(3,10-16)17-22(19,20)13-7-5-12(6-8-13)14(18)21-4/h5-8,11,17H,9-10,16H2,1-4H3. The summed E-state index contributed by atoms with van der Waals surface area (Å²) in [7, 11) is -2.44. The number of benzene rings is 1. The first-order chi connectivity index (χ1) is 10.1. The molecule has 1 unspecified atom stereocenters. The lowest BCUT2D eigenvalue weighted by Gasteiger charge is -2.30. The molecule has 6 nitrogen and oxygen atoms in total. The fourth-order valence-electron chi connectivity index (χ4n) is 2.34. The van der Waals surface area contributed by atoms with E-state index in [0.29, 0.717) is 17.9 Å². The predicted octanol–water partition coefficient (Wildman–Crippen LogP) is 1.51. The molecule has 0 aromatic heterocycles. The molecular weight excluding hydrogens is 304 g/mol. The summed E-state index contributed by atoms with van der Waals surface area (Å²) in [6.45, 7) is 6.00. The van der Waals surface area contributed by atoms with E-state index in [1.165, 1.54) is 31.4 Å². The lowest BCUT2D eigenvalue weighted by molar-refractivity contribution is 0.0600. The van der Waals surface area contributed by atoms with Gasteiger partial charge in [-0.3, -0.25) is 0 Å². The van der Waals surface area contributed by atoms with Gasteiger partial charge in [0.2, 0.25) is 10.0 Å². The monoisotopic (exact) mass is 328 g/mol. The summed E-state index contributed by atoms with van der Waals surface area (Å²) in [6.07, 6.45) is 0.628. The number of nitrogens with two attached hydrogens (primary N) is 1. The van der Waals surface area contributed by atoms with Crippen molar-refractivity contribution in [3.63, 3.8) is 0 Å². The van der Waals surface area contributed by atoms with Gasteiger partial charge in [0.1, 0.15) is 0 Å². The molecule has 22 heavy (non-hydrogen) atoms. The van der Waals surface area contributed by atoms with Crippen LogP contribution in [0.25, 0.3) is 0 Å². The molecule has 0 spiro atoms. The molecule has 0 saturated carbocycles. The molecule has 0 bridgehead atoms. The van der Waals surface area contributed by atoms with Crippen molar-refractivity contribution in [3.8, 4) is 0 Å². The highest BCUT2D eigenvalue weighted by atomic mass is 32.2. The number of esters is 1. The van der Waals surface area contributed by atoms with Crippen molar-refractivity contribution in [2.75, 3.05) is 13.7 Å². The minimum atomic E-state index is -3.71. The molecule has 0 aliphatic carbocycles. The van der Waals surface area contributed by atoms with Gasteiger partial charge < -0.3 is 10.5 Å². The Balaban J connectivity index is 3.01. The van der Waals surface area contributed by atoms with Gasteiger partial charge in [-0.1, -0.05) is 13.8 Å². The van der Waals surface area contributed by atoms with E-state index in [1.807, 2.05) is 13.8 Å². The fraction of sp³-hybridized carbons (Fsp3) is 0.533. The minimum absolute atomic E-state index is 0.0867. The van der Waals surface area contributed by atoms with Crippen LogP contribution in [0.1, 0.15) is 37.6 Å². The van der Waals surface area contributed by atoms with Crippen molar-refractivity contribution in [1.82, 2.24) is 4.72 Å². The van der Waals surface area contributed by atoms with E-state index < -0.39 is 21.5 Å². The van der Waals surface area contributed by atoms with Crippen LogP contribution < -0.4 is 10.5 Å². The largest absolute Gasteiger partial charge is 0.465 e. The predicted molar refractivity (Wildman–Crippen MR) is 85.0 cm³/mol. The first kappa shape index (κ1) is 18.6. The minimum Gasteiger partial charge on any atom is -0.465 e. The van der Waals surface area contributed by atoms with Crippen molar-refractivity contribution in [2.45, 2.75) is 37.6 Å². The number of sulfonamides is 1. The molecular formula is C15H24N2O4S. The smallest absolute Gasteiger partial charge is 0.337 e. The van der Waals surface area contributed by atoms with E-state index in [2.05, 4.69) is 9.46 Å². The van der Waals surface area contributed by atoms with Crippen LogP contribution in [0.3, 0.4) is 0 Å². The lowest BCUT2D eigenvalue weighted by Crippen LogP contribution is -2.51. The Kier molecular flexibility index (Phi) is 6.10. The van der Waals surface area contributed by atoms with Crippen molar-refractivity contribution in [2.24, 2.45) is 11.7 Å². The maximum atomic E-state index is 12.5. The van der Waals surface area contributed by atoms with E-state index in [4.69, 9.17) is 5.73 Å². The summed E-state index contributed by atoms with van der Waals surface area (Å²) in [6, 6.07) is 5.59. The molecule has 3 N–H and O–H groups in total. The number of ether oxygens (including phenoxy) is 1. The maximum absolute atomic E-state index is 12.5. The van der Waals surface area contributed by atoms with Gasteiger partial charge in [0.05, 0.1) is 17.6 Å². The van der Waals surface area contributed by atoms with Crippen LogP contribution in [0.4, 0.5) is 0 Å². The average Bonchev–Trinajstić information content (AvgIpc) is 2.45. The molecule has 1 aromatic carbocycles. The number of carbonyl (C=O) groups excluding carboxylic acids is 1. The normalized spacial score (nSPS) is 14.6. The molecule has 0 saturated heterocycles. The highest BCUT2D eigenvalue weighted by Crippen LogP contribution is 2.20. The second-order valence-corrected chi connectivity index (χ2v) is 7.67. The van der Waals surface area contributed by atoms with E-state index in [9.17, 15) is 13.2 Å². The zero-order chi connectivity index (χ0) is 17.0. The molecule has 0 radical (unpaired) electrons. The SMILES string of the molecule is COC(=O)c1ccc(S(=O)(=O)NC(C)(CN)CC(C)C)cc1. The average molecular weight is 328 g/mol. The zero-order valence-corrected chi connectivity index (χ0v) is 14.2. The van der Waals surface area contributed by atoms with E-state index in [0.717, 1.165) is 0 Å². The summed E-state index contributed by atoms with van der Waals surface area (Å²) < 4.78 is 32.2. The Labute approximate surface area is 132 Å². The third-order valence-electron chi connectivity index (χ3n) is 3.28. The van der Waals surface area contributed by atoms with Gasteiger partial charge in [-0.25, -0.2) is 17.9 Å². The first-order valence-electron chi connectivity index (χ1n) is 7.06. The molecule has 0 aliphatic rings. The van der Waals surface area contributed by atoms with Crippen LogP contribution in [0.15, 0.2) is 29.2 Å². The molecule has 1 rings (SSSR count). The third-order valence-corrected chi connectivity index (χ3v) is 4.93. The summed E-state index contributed by atoms with van der Waals surface area (Å²) in [5.41, 5.74) is 5.32. The van der Waals surface area contributed by atoms with Crippen molar-refractivity contribution in [3.05, 3.63) is 29.8 Å². The number of carbonyl (C=O) groups is 1. The second kappa shape index (κ2) is 7.21. The number of nitrogens with one attached hydrogen (secondary N) is 1. The van der Waals surface area contributed by atoms with Crippen molar-refractivity contribution < 1.29 is 17.9 Å². The van der Waals surface area contributed by atoms with E-state index in [-0.39, 0.29) is 11.4 Å². The van der Waals surface area contributed by atoms with Gasteiger partial charge in [-0.2, -0.15) is 0 Å². The maximum Gasteiger partial charge on any atom is 0.337 e. The molecule has 7 heteroatoms. The first-order valence-corrected chi connectivity index (χ1v) is 8.54. The highest BCUT2D eigenvalue weighted by Gasteiger charge is 2.30. The van der Waals surface area contributed by atoms with Gasteiger partial charge in [0, 0.05) is 12.1 Å². The second-order valence-electron chi connectivity index (χ2n) is 5.98. The van der Waals surface area contributed by atoms with Crippen molar-refractivity contribution in [1.29, 1.82) is 0 Å². The van der Waals surface area contributed by atoms with Crippen LogP contribution in [0.5, 0.6) is 0 Å². The zero-order valence-electron chi connectivity index (χ0n) is 13.4. The summed E-state index contributed by atoms with van der Waals surface area (Å²) in [5.74, 6) is -0.207. The van der Waals surface area contributed by atoms with Crippen LogP contribution >= 0.6 is 0 Å². The van der Waals surface area contributed by atoms with Crippen LogP contribution in [-0.4, -0.2) is 33.6 Å². The Morgan fingerprint density at radius 1 is 1.32 bits per heavy atom. The summed E-state index contributed by atoms with van der Waals surface area (Å²) in [4.78, 5) is 11.5. The highest BCUT2D eigenvalue weighted by molar-refractivity contribution is 7.89.